The maximum atomic E-state index is 14.4. The van der Waals surface area contributed by atoms with Crippen LogP contribution in [0, 0.1) is 5.82 Å². The number of aromatic nitrogens is 1. The zero-order chi connectivity index (χ0) is 19.9. The Morgan fingerprint density at radius 1 is 1.29 bits per heavy atom. The van der Waals surface area contributed by atoms with E-state index in [9.17, 15) is 9.18 Å². The Labute approximate surface area is 164 Å². The molecule has 1 aromatic heterocycles. The fourth-order valence-electron chi connectivity index (χ4n) is 4.50. The van der Waals surface area contributed by atoms with Gasteiger partial charge in [0.05, 0.1) is 18.3 Å². The molecular formula is C22H26FN3O2. The van der Waals surface area contributed by atoms with Gasteiger partial charge in [0.1, 0.15) is 17.1 Å². The SMILES string of the molecule is CCOc1ccc(F)c(-c2ccnc([C@@H]3CC[C@]4(CC(C)(C)NC4=O)N3)c2)c1. The molecule has 2 aromatic rings. The Morgan fingerprint density at radius 3 is 2.82 bits per heavy atom. The van der Waals surface area contributed by atoms with Crippen molar-refractivity contribution in [2.24, 2.45) is 0 Å². The third kappa shape index (κ3) is 3.37. The predicted octanol–water partition coefficient (Wildman–Crippen LogP) is 3.75. The van der Waals surface area contributed by atoms with Gasteiger partial charge in [-0.3, -0.25) is 15.1 Å². The minimum atomic E-state index is -0.536. The maximum Gasteiger partial charge on any atom is 0.240 e. The minimum absolute atomic E-state index is 0.0299. The molecule has 0 bridgehead atoms. The number of hydrogen-bond donors (Lipinski definition) is 2. The molecule has 2 saturated heterocycles. The zero-order valence-corrected chi connectivity index (χ0v) is 16.5. The van der Waals surface area contributed by atoms with Crippen LogP contribution in [0.15, 0.2) is 36.5 Å². The van der Waals surface area contributed by atoms with Crippen molar-refractivity contribution in [3.05, 3.63) is 48.0 Å². The Balaban J connectivity index is 1.61. The lowest BCUT2D eigenvalue weighted by Gasteiger charge is -2.24. The van der Waals surface area contributed by atoms with Gasteiger partial charge < -0.3 is 10.1 Å². The molecule has 5 nitrogen and oxygen atoms in total. The number of carbonyl (C=O) groups excluding carboxylic acids is 1. The topological polar surface area (TPSA) is 63.2 Å². The van der Waals surface area contributed by atoms with Crippen molar-refractivity contribution < 1.29 is 13.9 Å². The normalized spacial score (nSPS) is 25.9. The molecule has 1 amide bonds. The highest BCUT2D eigenvalue weighted by atomic mass is 19.1. The molecule has 0 aliphatic carbocycles. The van der Waals surface area contributed by atoms with E-state index in [-0.39, 0.29) is 23.3 Å². The molecule has 2 aliphatic rings. The van der Waals surface area contributed by atoms with Crippen molar-refractivity contribution in [1.29, 1.82) is 0 Å². The fourth-order valence-corrected chi connectivity index (χ4v) is 4.50. The van der Waals surface area contributed by atoms with Crippen LogP contribution in [0.4, 0.5) is 4.39 Å². The summed E-state index contributed by atoms with van der Waals surface area (Å²) in [6, 6.07) is 8.45. The van der Waals surface area contributed by atoms with Crippen molar-refractivity contribution in [3.63, 3.8) is 0 Å². The first kappa shape index (κ1) is 18.9. The molecule has 1 aromatic carbocycles. The number of hydrogen-bond acceptors (Lipinski definition) is 4. The Hall–Kier alpha value is -2.47. The summed E-state index contributed by atoms with van der Waals surface area (Å²) in [4.78, 5) is 17.1. The van der Waals surface area contributed by atoms with Crippen LogP contribution in [0.5, 0.6) is 5.75 Å². The van der Waals surface area contributed by atoms with Crippen LogP contribution in [-0.2, 0) is 4.79 Å². The van der Waals surface area contributed by atoms with Gasteiger partial charge in [-0.2, -0.15) is 0 Å². The van der Waals surface area contributed by atoms with E-state index >= 15 is 0 Å². The maximum absolute atomic E-state index is 14.4. The number of halogens is 1. The number of rotatable bonds is 4. The summed E-state index contributed by atoms with van der Waals surface area (Å²) in [5.41, 5.74) is 1.32. The van der Waals surface area contributed by atoms with E-state index in [0.717, 1.165) is 30.5 Å². The summed E-state index contributed by atoms with van der Waals surface area (Å²) in [7, 11) is 0. The van der Waals surface area contributed by atoms with E-state index in [1.165, 1.54) is 6.07 Å². The van der Waals surface area contributed by atoms with Crippen LogP contribution in [0.3, 0.4) is 0 Å². The van der Waals surface area contributed by atoms with Gasteiger partial charge in [0.15, 0.2) is 0 Å². The van der Waals surface area contributed by atoms with Gasteiger partial charge in [-0.15, -0.1) is 0 Å². The number of nitrogens with one attached hydrogen (secondary N) is 2. The number of carbonyl (C=O) groups is 1. The van der Waals surface area contributed by atoms with Gasteiger partial charge >= 0.3 is 0 Å². The minimum Gasteiger partial charge on any atom is -0.494 e. The first-order valence-electron chi connectivity index (χ1n) is 9.81. The van der Waals surface area contributed by atoms with Crippen LogP contribution in [0.25, 0.3) is 11.1 Å². The number of ether oxygens (including phenoxy) is 1. The second kappa shape index (κ2) is 6.85. The average molecular weight is 383 g/mol. The molecule has 0 saturated carbocycles. The smallest absolute Gasteiger partial charge is 0.240 e. The highest BCUT2D eigenvalue weighted by molar-refractivity contribution is 5.90. The molecule has 0 radical (unpaired) electrons. The molecular weight excluding hydrogens is 357 g/mol. The van der Waals surface area contributed by atoms with E-state index in [4.69, 9.17) is 4.74 Å². The first-order chi connectivity index (χ1) is 13.3. The van der Waals surface area contributed by atoms with Gasteiger partial charge in [-0.05, 0) is 75.9 Å². The molecule has 2 aliphatic heterocycles. The Kier molecular flexibility index (Phi) is 4.62. The second-order valence-electron chi connectivity index (χ2n) is 8.38. The summed E-state index contributed by atoms with van der Waals surface area (Å²) >= 11 is 0. The largest absolute Gasteiger partial charge is 0.494 e. The van der Waals surface area contributed by atoms with Gasteiger partial charge in [0, 0.05) is 17.3 Å². The van der Waals surface area contributed by atoms with E-state index in [1.54, 1.807) is 24.4 Å². The van der Waals surface area contributed by atoms with Crippen molar-refractivity contribution >= 4 is 5.91 Å². The number of pyridine rings is 1. The number of nitrogens with zero attached hydrogens (tertiary/aromatic N) is 1. The van der Waals surface area contributed by atoms with E-state index < -0.39 is 5.54 Å². The van der Waals surface area contributed by atoms with Crippen LogP contribution < -0.4 is 15.4 Å². The highest BCUT2D eigenvalue weighted by Gasteiger charge is 2.54. The second-order valence-corrected chi connectivity index (χ2v) is 8.38. The molecule has 28 heavy (non-hydrogen) atoms. The quantitative estimate of drug-likeness (QED) is 0.844. The van der Waals surface area contributed by atoms with Crippen molar-refractivity contribution in [2.75, 3.05) is 6.61 Å². The van der Waals surface area contributed by atoms with E-state index in [2.05, 4.69) is 15.6 Å². The molecule has 2 atom stereocenters. The van der Waals surface area contributed by atoms with Crippen molar-refractivity contribution in [3.8, 4) is 16.9 Å². The van der Waals surface area contributed by atoms with E-state index in [1.807, 2.05) is 26.8 Å². The summed E-state index contributed by atoms with van der Waals surface area (Å²) in [5.74, 6) is 0.403. The molecule has 2 fully saturated rings. The summed E-state index contributed by atoms with van der Waals surface area (Å²) in [5, 5.41) is 6.60. The molecule has 3 heterocycles. The summed E-state index contributed by atoms with van der Waals surface area (Å²) in [6.45, 7) is 6.51. The summed E-state index contributed by atoms with van der Waals surface area (Å²) < 4.78 is 19.9. The lowest BCUT2D eigenvalue weighted by Crippen LogP contribution is -2.47. The lowest BCUT2D eigenvalue weighted by atomic mass is 9.88. The molecule has 4 rings (SSSR count). The van der Waals surface area contributed by atoms with Gasteiger partial charge in [-0.1, -0.05) is 0 Å². The monoisotopic (exact) mass is 383 g/mol. The molecule has 2 N–H and O–H groups in total. The third-order valence-electron chi connectivity index (χ3n) is 5.64. The third-order valence-corrected chi connectivity index (χ3v) is 5.64. The average Bonchev–Trinajstić information content (AvgIpc) is 3.17. The first-order valence-corrected chi connectivity index (χ1v) is 9.81. The lowest BCUT2D eigenvalue weighted by molar-refractivity contribution is -0.124. The van der Waals surface area contributed by atoms with Gasteiger partial charge in [0.2, 0.25) is 5.91 Å². The number of amides is 1. The van der Waals surface area contributed by atoms with Crippen LogP contribution in [0.1, 0.15) is 51.8 Å². The Bertz CT molecular complexity index is 914. The molecule has 0 unspecified atom stereocenters. The predicted molar refractivity (Wildman–Crippen MR) is 105 cm³/mol. The van der Waals surface area contributed by atoms with Crippen LogP contribution in [-0.4, -0.2) is 28.6 Å². The zero-order valence-electron chi connectivity index (χ0n) is 16.5. The highest BCUT2D eigenvalue weighted by Crippen LogP contribution is 2.41. The summed E-state index contributed by atoms with van der Waals surface area (Å²) in [6.07, 6.45) is 4.04. The fraction of sp³-hybridized carbons (Fsp3) is 0.455. The molecule has 1 spiro atoms. The molecule has 148 valence electrons. The van der Waals surface area contributed by atoms with Crippen molar-refractivity contribution in [2.45, 2.75) is 57.2 Å². The van der Waals surface area contributed by atoms with Crippen LogP contribution in [0.2, 0.25) is 0 Å². The molecule has 6 heteroatoms. The van der Waals surface area contributed by atoms with Gasteiger partial charge in [-0.25, -0.2) is 4.39 Å². The Morgan fingerprint density at radius 2 is 2.11 bits per heavy atom. The van der Waals surface area contributed by atoms with Crippen LogP contribution >= 0.6 is 0 Å². The van der Waals surface area contributed by atoms with E-state index in [0.29, 0.717) is 17.9 Å². The van der Waals surface area contributed by atoms with Crippen molar-refractivity contribution in [1.82, 2.24) is 15.6 Å². The number of benzene rings is 1. The van der Waals surface area contributed by atoms with Gasteiger partial charge in [0.25, 0.3) is 0 Å². The standard InChI is InChI=1S/C22H26FN3O2/c1-4-28-15-5-6-17(23)16(12-15)14-8-10-24-19(11-14)18-7-9-22(25-18)13-21(2,3)26-20(22)27/h5-6,8,10-12,18,25H,4,7,9,13H2,1-3H3,(H,26,27)/t18-,22+/m0/s1.